The van der Waals surface area contributed by atoms with Gasteiger partial charge in [0.25, 0.3) is 0 Å². The van der Waals surface area contributed by atoms with Crippen LogP contribution in [0.2, 0.25) is 0 Å². The van der Waals surface area contributed by atoms with Crippen LogP contribution in [-0.2, 0) is 0 Å². The number of fused-ring (bicyclic) bond motifs is 3. The summed E-state index contributed by atoms with van der Waals surface area (Å²) in [6.45, 7) is 0. The molecule has 2 amide bonds. The highest BCUT2D eigenvalue weighted by atomic mass is 16.2. The summed E-state index contributed by atoms with van der Waals surface area (Å²) in [7, 11) is 0. The lowest BCUT2D eigenvalue weighted by molar-refractivity contribution is 0.253. The first-order valence-corrected chi connectivity index (χ1v) is 4.55. The molecule has 74 valence electrons. The molecule has 3 rings (SSSR count). The fourth-order valence-corrected chi connectivity index (χ4v) is 1.64. The first kappa shape index (κ1) is 8.05. The van der Waals surface area contributed by atoms with Crippen molar-refractivity contribution in [2.45, 2.75) is 0 Å². The molecule has 0 aliphatic carbocycles. The minimum Gasteiger partial charge on any atom is -0.303 e. The number of carbonyl (C=O) groups is 1. The SMILES string of the molecule is O=C1NNc2c(cnc3ccccc23)N1. The van der Waals surface area contributed by atoms with Gasteiger partial charge in [0.05, 0.1) is 23.1 Å². The van der Waals surface area contributed by atoms with Gasteiger partial charge in [0, 0.05) is 5.39 Å². The van der Waals surface area contributed by atoms with Crippen LogP contribution in [0.25, 0.3) is 10.9 Å². The molecule has 0 fully saturated rings. The number of urea groups is 1. The largest absolute Gasteiger partial charge is 0.337 e. The van der Waals surface area contributed by atoms with E-state index in [9.17, 15) is 4.79 Å². The summed E-state index contributed by atoms with van der Waals surface area (Å²) in [5, 5.41) is 3.65. The Labute approximate surface area is 85.5 Å². The minimum atomic E-state index is -0.278. The molecule has 0 saturated carbocycles. The van der Waals surface area contributed by atoms with E-state index in [-0.39, 0.29) is 6.03 Å². The molecule has 1 aromatic heterocycles. The number of hydrogen-bond donors (Lipinski definition) is 3. The molecule has 1 aliphatic heterocycles. The maximum Gasteiger partial charge on any atom is 0.337 e. The highest BCUT2D eigenvalue weighted by Crippen LogP contribution is 2.30. The maximum absolute atomic E-state index is 11.0. The molecule has 2 heterocycles. The van der Waals surface area contributed by atoms with Crippen LogP contribution in [0, 0.1) is 0 Å². The monoisotopic (exact) mass is 200 g/mol. The first-order chi connectivity index (χ1) is 7.34. The van der Waals surface area contributed by atoms with Crippen LogP contribution in [0.5, 0.6) is 0 Å². The molecular formula is C10H8N4O. The van der Waals surface area contributed by atoms with Crippen LogP contribution in [0.3, 0.4) is 0 Å². The number of anilines is 2. The second kappa shape index (κ2) is 2.84. The van der Waals surface area contributed by atoms with Gasteiger partial charge in [-0.2, -0.15) is 0 Å². The van der Waals surface area contributed by atoms with Crippen molar-refractivity contribution in [2.24, 2.45) is 0 Å². The van der Waals surface area contributed by atoms with E-state index < -0.39 is 0 Å². The van der Waals surface area contributed by atoms with E-state index in [1.54, 1.807) is 6.20 Å². The minimum absolute atomic E-state index is 0.278. The number of nitrogens with one attached hydrogen (secondary N) is 3. The Morgan fingerprint density at radius 1 is 1.13 bits per heavy atom. The van der Waals surface area contributed by atoms with Crippen molar-refractivity contribution in [1.29, 1.82) is 0 Å². The van der Waals surface area contributed by atoms with Gasteiger partial charge < -0.3 is 5.32 Å². The predicted molar refractivity (Wildman–Crippen MR) is 57.5 cm³/mol. The Morgan fingerprint density at radius 2 is 2.00 bits per heavy atom. The lowest BCUT2D eigenvalue weighted by Crippen LogP contribution is -2.38. The molecule has 5 heteroatoms. The molecule has 5 nitrogen and oxygen atoms in total. The molecule has 2 aromatic rings. The smallest absolute Gasteiger partial charge is 0.303 e. The Hall–Kier alpha value is -2.30. The molecule has 3 N–H and O–H groups in total. The number of amides is 2. The van der Waals surface area contributed by atoms with Crippen molar-refractivity contribution in [3.63, 3.8) is 0 Å². The topological polar surface area (TPSA) is 66.0 Å². The molecule has 0 radical (unpaired) electrons. The fourth-order valence-electron chi connectivity index (χ4n) is 1.64. The lowest BCUT2D eigenvalue weighted by atomic mass is 10.1. The van der Waals surface area contributed by atoms with Crippen molar-refractivity contribution in [3.8, 4) is 0 Å². The summed E-state index contributed by atoms with van der Waals surface area (Å²) < 4.78 is 0. The zero-order valence-corrected chi connectivity index (χ0v) is 7.74. The van der Waals surface area contributed by atoms with E-state index in [4.69, 9.17) is 0 Å². The standard InChI is InChI=1S/C10H8N4O/c15-10-12-8-5-11-7-4-2-1-3-6(7)9(8)13-14-10/h1-5,13H,(H2,12,14,15). The van der Waals surface area contributed by atoms with Gasteiger partial charge in [-0.3, -0.25) is 15.8 Å². The third kappa shape index (κ3) is 1.17. The van der Waals surface area contributed by atoms with Gasteiger partial charge in [0.15, 0.2) is 0 Å². The molecule has 0 unspecified atom stereocenters. The molecule has 1 aromatic carbocycles. The van der Waals surface area contributed by atoms with E-state index in [0.717, 1.165) is 16.6 Å². The van der Waals surface area contributed by atoms with Gasteiger partial charge in [-0.05, 0) is 6.07 Å². The third-order valence-electron chi connectivity index (χ3n) is 2.32. The third-order valence-corrected chi connectivity index (χ3v) is 2.32. The normalized spacial score (nSPS) is 13.7. The molecule has 0 bridgehead atoms. The summed E-state index contributed by atoms with van der Waals surface area (Å²) >= 11 is 0. The highest BCUT2D eigenvalue weighted by Gasteiger charge is 2.15. The number of aromatic nitrogens is 1. The van der Waals surface area contributed by atoms with Crippen LogP contribution in [0.4, 0.5) is 16.2 Å². The number of pyridine rings is 1. The lowest BCUT2D eigenvalue weighted by Gasteiger charge is -2.20. The molecule has 1 aliphatic rings. The first-order valence-electron chi connectivity index (χ1n) is 4.55. The Kier molecular flexibility index (Phi) is 1.53. The average Bonchev–Trinajstić information content (AvgIpc) is 2.28. The van der Waals surface area contributed by atoms with Crippen LogP contribution in [-0.4, -0.2) is 11.0 Å². The van der Waals surface area contributed by atoms with Gasteiger partial charge in [-0.15, -0.1) is 0 Å². The molecule has 0 atom stereocenters. The fraction of sp³-hybridized carbons (Fsp3) is 0. The van der Waals surface area contributed by atoms with Gasteiger partial charge in [0.2, 0.25) is 0 Å². The van der Waals surface area contributed by atoms with Crippen molar-refractivity contribution in [3.05, 3.63) is 30.5 Å². The average molecular weight is 200 g/mol. The van der Waals surface area contributed by atoms with Gasteiger partial charge in [0.1, 0.15) is 0 Å². The van der Waals surface area contributed by atoms with Crippen molar-refractivity contribution in [2.75, 3.05) is 10.7 Å². The van der Waals surface area contributed by atoms with Crippen LogP contribution < -0.4 is 16.2 Å². The van der Waals surface area contributed by atoms with Crippen molar-refractivity contribution >= 4 is 28.3 Å². The summed E-state index contributed by atoms with van der Waals surface area (Å²) in [5.41, 5.74) is 7.79. The Bertz CT molecular complexity index is 552. The van der Waals surface area contributed by atoms with Gasteiger partial charge >= 0.3 is 6.03 Å². The van der Waals surface area contributed by atoms with E-state index in [2.05, 4.69) is 21.2 Å². The number of hydrogen-bond acceptors (Lipinski definition) is 3. The number of carbonyl (C=O) groups excluding carboxylic acids is 1. The van der Waals surface area contributed by atoms with Gasteiger partial charge in [-0.25, -0.2) is 4.79 Å². The zero-order chi connectivity index (χ0) is 10.3. The van der Waals surface area contributed by atoms with E-state index in [0.29, 0.717) is 5.69 Å². The van der Waals surface area contributed by atoms with Crippen LogP contribution in [0.1, 0.15) is 0 Å². The number of hydrazine groups is 1. The molecule has 0 spiro atoms. The summed E-state index contributed by atoms with van der Waals surface area (Å²) in [6, 6.07) is 7.46. The Balaban J connectivity index is 2.30. The number of nitrogens with zero attached hydrogens (tertiary/aromatic N) is 1. The second-order valence-corrected chi connectivity index (χ2v) is 3.27. The van der Waals surface area contributed by atoms with Crippen molar-refractivity contribution in [1.82, 2.24) is 10.4 Å². The predicted octanol–water partition coefficient (Wildman–Crippen LogP) is 1.70. The van der Waals surface area contributed by atoms with E-state index in [1.807, 2.05) is 24.3 Å². The van der Waals surface area contributed by atoms with Crippen LogP contribution >= 0.6 is 0 Å². The van der Waals surface area contributed by atoms with Gasteiger partial charge in [-0.1, -0.05) is 18.2 Å². The van der Waals surface area contributed by atoms with E-state index in [1.165, 1.54) is 0 Å². The molecular weight excluding hydrogens is 192 g/mol. The summed E-state index contributed by atoms with van der Waals surface area (Å²) in [5.74, 6) is 0. The number of benzene rings is 1. The second-order valence-electron chi connectivity index (χ2n) is 3.27. The molecule has 15 heavy (non-hydrogen) atoms. The molecule has 0 saturated heterocycles. The van der Waals surface area contributed by atoms with Crippen molar-refractivity contribution < 1.29 is 4.79 Å². The summed E-state index contributed by atoms with van der Waals surface area (Å²) in [4.78, 5) is 15.3. The number of rotatable bonds is 0. The maximum atomic E-state index is 11.0. The van der Waals surface area contributed by atoms with E-state index >= 15 is 0 Å². The zero-order valence-electron chi connectivity index (χ0n) is 7.74. The van der Waals surface area contributed by atoms with Crippen LogP contribution in [0.15, 0.2) is 30.5 Å². The number of para-hydroxylation sites is 1. The highest BCUT2D eigenvalue weighted by molar-refractivity contribution is 6.05. The Morgan fingerprint density at radius 3 is 2.93 bits per heavy atom. The summed E-state index contributed by atoms with van der Waals surface area (Å²) in [6.07, 6.45) is 1.64. The quantitative estimate of drug-likeness (QED) is 0.606.